The minimum atomic E-state index is -3.32. The topological polar surface area (TPSA) is 50.4 Å². The highest BCUT2D eigenvalue weighted by atomic mass is 79.9. The van der Waals surface area contributed by atoms with Crippen LogP contribution >= 0.6 is 31.9 Å². The Bertz CT molecular complexity index is 1040. The highest BCUT2D eigenvalue weighted by Gasteiger charge is 2.37. The van der Waals surface area contributed by atoms with E-state index in [-0.39, 0.29) is 31.4 Å². The van der Waals surface area contributed by atoms with Crippen molar-refractivity contribution in [2.24, 2.45) is 0 Å². The molecule has 1 N–H and O–H groups in total. The normalized spacial score (nSPS) is 11.9. The van der Waals surface area contributed by atoms with Crippen LogP contribution in [0.25, 0.3) is 11.0 Å². The van der Waals surface area contributed by atoms with E-state index in [1.807, 2.05) is 13.9 Å². The van der Waals surface area contributed by atoms with Gasteiger partial charge < -0.3 is 9.52 Å². The summed E-state index contributed by atoms with van der Waals surface area (Å²) in [5.41, 5.74) is 1.77. The molecular weight excluding hydrogens is 472 g/mol. The van der Waals surface area contributed by atoms with Gasteiger partial charge in [0.05, 0.1) is 14.5 Å². The Hall–Kier alpha value is -1.60. The number of aromatic hydroxyl groups is 1. The number of furan rings is 1. The Morgan fingerprint density at radius 2 is 1.73 bits per heavy atom. The maximum Gasteiger partial charge on any atom is 0.302 e. The Morgan fingerprint density at radius 1 is 1.15 bits per heavy atom. The van der Waals surface area contributed by atoms with Gasteiger partial charge in [-0.15, -0.1) is 0 Å². The van der Waals surface area contributed by atoms with E-state index < -0.39 is 17.5 Å². The number of hydrogen-bond donors (Lipinski definition) is 1. The molecule has 3 nitrogen and oxygen atoms in total. The van der Waals surface area contributed by atoms with Crippen molar-refractivity contribution < 1.29 is 23.1 Å². The lowest BCUT2D eigenvalue weighted by Gasteiger charge is -2.11. The largest absolute Gasteiger partial charge is 0.506 e. The summed E-state index contributed by atoms with van der Waals surface area (Å²) >= 11 is 6.31. The lowest BCUT2D eigenvalue weighted by Crippen LogP contribution is -2.17. The fourth-order valence-electron chi connectivity index (χ4n) is 2.97. The van der Waals surface area contributed by atoms with E-state index in [0.717, 1.165) is 5.46 Å². The van der Waals surface area contributed by atoms with Crippen LogP contribution in [0.4, 0.5) is 8.78 Å². The van der Waals surface area contributed by atoms with Gasteiger partial charge in [0, 0.05) is 17.9 Å². The molecule has 0 bridgehead atoms. The molecule has 0 amide bonds. The number of halogens is 4. The summed E-state index contributed by atoms with van der Waals surface area (Å²) in [5.74, 6) is -4.66. The van der Waals surface area contributed by atoms with E-state index in [1.54, 1.807) is 13.9 Å². The fourth-order valence-corrected chi connectivity index (χ4v) is 4.16. The molecule has 0 spiro atoms. The van der Waals surface area contributed by atoms with Crippen molar-refractivity contribution in [2.75, 3.05) is 0 Å². The Kier molecular flexibility index (Phi) is 4.82. The van der Waals surface area contributed by atoms with Crippen LogP contribution in [-0.2, 0) is 5.92 Å². The lowest BCUT2D eigenvalue weighted by molar-refractivity contribution is -0.00469. The predicted octanol–water partition coefficient (Wildman–Crippen LogP) is 2.52. The van der Waals surface area contributed by atoms with Crippen LogP contribution in [0.5, 0.6) is 5.75 Å². The van der Waals surface area contributed by atoms with Crippen molar-refractivity contribution in [1.82, 2.24) is 0 Å². The Morgan fingerprint density at radius 3 is 2.27 bits per heavy atom. The third-order valence-electron chi connectivity index (χ3n) is 4.04. The number of phenolic OH excluding ortho intramolecular Hbond substituents is 1. The number of carbonyl (C=O) groups excluding carboxylic acids is 1. The zero-order chi connectivity index (χ0) is 19.4. The summed E-state index contributed by atoms with van der Waals surface area (Å²) in [5, 5.41) is 10.2. The predicted molar refractivity (Wildman–Crippen MR) is 109 cm³/mol. The molecule has 0 aliphatic heterocycles. The summed E-state index contributed by atoms with van der Waals surface area (Å²) in [4.78, 5) is 13.1. The van der Waals surface area contributed by atoms with E-state index >= 15 is 0 Å². The zero-order valence-corrected chi connectivity index (χ0v) is 17.3. The molecule has 2 aromatic carbocycles. The number of phenols is 1. The summed E-state index contributed by atoms with van der Waals surface area (Å²) in [7, 11) is 3.58. The molecule has 0 aliphatic rings. The molecule has 132 valence electrons. The van der Waals surface area contributed by atoms with E-state index in [9.17, 15) is 18.7 Å². The average Bonchev–Trinajstić information content (AvgIpc) is 2.91. The van der Waals surface area contributed by atoms with Gasteiger partial charge in [0.25, 0.3) is 0 Å². The first-order valence-electron chi connectivity index (χ1n) is 7.65. The molecule has 0 saturated carbocycles. The maximum atomic E-state index is 14.2. The third-order valence-corrected chi connectivity index (χ3v) is 5.25. The molecule has 0 unspecified atom stereocenters. The van der Waals surface area contributed by atoms with E-state index in [2.05, 4.69) is 31.9 Å². The first-order chi connectivity index (χ1) is 12.0. The molecule has 1 aromatic heterocycles. The highest BCUT2D eigenvalue weighted by Crippen LogP contribution is 2.39. The molecule has 0 atom stereocenters. The highest BCUT2D eigenvalue weighted by molar-refractivity contribution is 9.11. The number of alkyl halides is 2. The van der Waals surface area contributed by atoms with Crippen LogP contribution in [0.15, 0.2) is 37.6 Å². The van der Waals surface area contributed by atoms with Crippen LogP contribution in [-0.4, -0.2) is 26.6 Å². The third kappa shape index (κ3) is 3.22. The van der Waals surface area contributed by atoms with Crippen molar-refractivity contribution in [3.05, 3.63) is 50.1 Å². The van der Waals surface area contributed by atoms with Gasteiger partial charge in [0.2, 0.25) is 0 Å². The number of carbonyl (C=O) groups is 1. The van der Waals surface area contributed by atoms with Crippen LogP contribution < -0.4 is 10.9 Å². The molecule has 26 heavy (non-hydrogen) atoms. The van der Waals surface area contributed by atoms with E-state index in [4.69, 9.17) is 4.42 Å². The quantitative estimate of drug-likeness (QED) is 0.460. The molecule has 3 aromatic rings. The Labute approximate surface area is 166 Å². The van der Waals surface area contributed by atoms with Gasteiger partial charge in [0.1, 0.15) is 27.0 Å². The molecular formula is C17H12B2Br2F2O3. The summed E-state index contributed by atoms with van der Waals surface area (Å²) in [6, 6.07) is 6.23. The molecule has 0 saturated heterocycles. The van der Waals surface area contributed by atoms with Gasteiger partial charge in [-0.3, -0.25) is 4.79 Å². The molecule has 9 heteroatoms. The molecule has 0 fully saturated rings. The summed E-state index contributed by atoms with van der Waals surface area (Å²) in [6.45, 7) is 0.701. The SMILES string of the molecule is Bc1cc(B)c2c(C(=O)c3cc(Br)c(O)c(Br)c3)c(C(C)(F)F)oc2c1. The smallest absolute Gasteiger partial charge is 0.302 e. The Balaban J connectivity index is 2.34. The van der Waals surface area contributed by atoms with Gasteiger partial charge in [-0.2, -0.15) is 8.78 Å². The van der Waals surface area contributed by atoms with Gasteiger partial charge in [-0.1, -0.05) is 17.0 Å². The second kappa shape index (κ2) is 6.53. The van der Waals surface area contributed by atoms with Gasteiger partial charge >= 0.3 is 5.92 Å². The number of ketones is 1. The van der Waals surface area contributed by atoms with Crippen LogP contribution in [0.3, 0.4) is 0 Å². The first kappa shape index (κ1) is 19.2. The molecule has 1 heterocycles. The van der Waals surface area contributed by atoms with Crippen molar-refractivity contribution >= 4 is 75.2 Å². The summed E-state index contributed by atoms with van der Waals surface area (Å²) < 4.78 is 34.3. The second-order valence-corrected chi connectivity index (χ2v) is 7.98. The van der Waals surface area contributed by atoms with Crippen molar-refractivity contribution in [1.29, 1.82) is 0 Å². The number of hydrogen-bond acceptors (Lipinski definition) is 3. The molecule has 0 aliphatic carbocycles. The molecule has 0 radical (unpaired) electrons. The monoisotopic (exact) mass is 482 g/mol. The van der Waals surface area contributed by atoms with Gasteiger partial charge in [0.15, 0.2) is 11.5 Å². The minimum Gasteiger partial charge on any atom is -0.506 e. The summed E-state index contributed by atoms with van der Waals surface area (Å²) in [6.07, 6.45) is 0. The van der Waals surface area contributed by atoms with Crippen molar-refractivity contribution in [3.63, 3.8) is 0 Å². The average molecular weight is 484 g/mol. The van der Waals surface area contributed by atoms with Crippen molar-refractivity contribution in [3.8, 4) is 5.75 Å². The number of benzene rings is 2. The van der Waals surface area contributed by atoms with Crippen LogP contribution in [0.1, 0.15) is 28.6 Å². The fraction of sp³-hybridized carbons (Fsp3) is 0.118. The van der Waals surface area contributed by atoms with E-state index in [1.165, 1.54) is 12.1 Å². The number of rotatable bonds is 3. The van der Waals surface area contributed by atoms with Gasteiger partial charge in [-0.05, 0) is 50.1 Å². The van der Waals surface area contributed by atoms with E-state index in [0.29, 0.717) is 17.8 Å². The first-order valence-corrected chi connectivity index (χ1v) is 9.24. The van der Waals surface area contributed by atoms with Crippen LogP contribution in [0, 0.1) is 0 Å². The van der Waals surface area contributed by atoms with Crippen molar-refractivity contribution in [2.45, 2.75) is 12.8 Å². The standard InChI is InChI=1S/C17H12B2Br2F2O3/c1-17(22,23)16-13(12-8(19)4-7(18)5-11(12)26-16)14(24)6-2-9(20)15(25)10(21)3-6/h2-5,25H,18-19H2,1H3. The van der Waals surface area contributed by atoms with Crippen LogP contribution in [0.2, 0.25) is 0 Å². The minimum absolute atomic E-state index is 0.0774. The molecule has 3 rings (SSSR count). The second-order valence-electron chi connectivity index (χ2n) is 6.27. The zero-order valence-electron chi connectivity index (χ0n) is 14.1. The van der Waals surface area contributed by atoms with Gasteiger partial charge in [-0.25, -0.2) is 0 Å². The maximum absolute atomic E-state index is 14.2. The number of fused-ring (bicyclic) bond motifs is 1. The lowest BCUT2D eigenvalue weighted by atomic mass is 9.82.